The van der Waals surface area contributed by atoms with E-state index in [2.05, 4.69) is 13.8 Å². The minimum Gasteiger partial charge on any atom is -0.394 e. The van der Waals surface area contributed by atoms with Gasteiger partial charge < -0.3 is 19.3 Å². The topological polar surface area (TPSA) is 123 Å². The van der Waals surface area contributed by atoms with Crippen LogP contribution in [0.1, 0.15) is 39.5 Å². The van der Waals surface area contributed by atoms with Gasteiger partial charge in [0, 0.05) is 6.61 Å². The molecule has 0 aliphatic heterocycles. The Labute approximate surface area is 139 Å². The van der Waals surface area contributed by atoms with Gasteiger partial charge in [0.1, 0.15) is 0 Å². The number of rotatable bonds is 14. The van der Waals surface area contributed by atoms with Gasteiger partial charge in [-0.2, -0.15) is 8.42 Å². The molecule has 3 N–H and O–H groups in total. The van der Waals surface area contributed by atoms with Gasteiger partial charge in [0.05, 0.1) is 39.6 Å². The standard InChI is InChI=1S/C14H30O4.H2O4S/c1-3-5-6-14(4-2)13-18-12-11-17-10-9-16-8-7-15;1-5(2,3)4/h14-15H,3-13H2,1-2H3;(H2,1,2,3,4). The van der Waals surface area contributed by atoms with E-state index >= 15 is 0 Å². The lowest BCUT2D eigenvalue weighted by Gasteiger charge is -2.14. The first kappa shape index (κ1) is 25.0. The van der Waals surface area contributed by atoms with Gasteiger partial charge in [-0.25, -0.2) is 0 Å². The third kappa shape index (κ3) is 30.2. The second-order valence-corrected chi connectivity index (χ2v) is 5.78. The molecule has 0 saturated heterocycles. The number of ether oxygens (including phenoxy) is 3. The zero-order chi connectivity index (χ0) is 18.0. The van der Waals surface area contributed by atoms with Gasteiger partial charge in [-0.15, -0.1) is 0 Å². The number of aliphatic hydroxyl groups excluding tert-OH is 1. The second kappa shape index (κ2) is 18.1. The molecule has 0 heterocycles. The lowest BCUT2D eigenvalue weighted by molar-refractivity contribution is 0.000964. The number of hydrogen-bond donors (Lipinski definition) is 3. The van der Waals surface area contributed by atoms with Crippen LogP contribution in [-0.4, -0.2) is 68.9 Å². The molecule has 0 aromatic carbocycles. The highest BCUT2D eigenvalue weighted by Crippen LogP contribution is 2.12. The molecular formula is C14H32O8S. The maximum absolute atomic E-state index is 8.74. The maximum atomic E-state index is 8.74. The predicted octanol–water partition coefficient (Wildman–Crippen LogP) is 1.59. The first-order valence-corrected chi connectivity index (χ1v) is 9.28. The highest BCUT2D eigenvalue weighted by atomic mass is 32.3. The highest BCUT2D eigenvalue weighted by Gasteiger charge is 2.05. The summed E-state index contributed by atoms with van der Waals surface area (Å²) in [5, 5.41) is 8.49. The molecule has 8 nitrogen and oxygen atoms in total. The van der Waals surface area contributed by atoms with Gasteiger partial charge in [-0.3, -0.25) is 9.11 Å². The average Bonchev–Trinajstić information content (AvgIpc) is 2.47. The summed E-state index contributed by atoms with van der Waals surface area (Å²) in [6.07, 6.45) is 5.01. The number of unbranched alkanes of at least 4 members (excludes halogenated alkanes) is 1. The van der Waals surface area contributed by atoms with Crippen molar-refractivity contribution in [3.8, 4) is 0 Å². The molecule has 1 unspecified atom stereocenters. The summed E-state index contributed by atoms with van der Waals surface area (Å²) in [4.78, 5) is 0. The van der Waals surface area contributed by atoms with Crippen molar-refractivity contribution >= 4 is 10.4 Å². The van der Waals surface area contributed by atoms with Crippen LogP contribution in [0.15, 0.2) is 0 Å². The van der Waals surface area contributed by atoms with E-state index in [9.17, 15) is 0 Å². The van der Waals surface area contributed by atoms with Crippen molar-refractivity contribution in [2.45, 2.75) is 39.5 Å². The third-order valence-corrected chi connectivity index (χ3v) is 2.88. The lowest BCUT2D eigenvalue weighted by atomic mass is 10.0. The van der Waals surface area contributed by atoms with Crippen LogP contribution >= 0.6 is 0 Å². The van der Waals surface area contributed by atoms with Crippen LogP contribution in [0.2, 0.25) is 0 Å². The molecule has 0 aromatic rings. The smallest absolute Gasteiger partial charge is 0.394 e. The average molecular weight is 360 g/mol. The van der Waals surface area contributed by atoms with Crippen LogP contribution < -0.4 is 0 Å². The van der Waals surface area contributed by atoms with Crippen molar-refractivity contribution in [1.82, 2.24) is 0 Å². The first-order chi connectivity index (χ1) is 10.8. The predicted molar refractivity (Wildman–Crippen MR) is 87.0 cm³/mol. The largest absolute Gasteiger partial charge is 0.394 e. The van der Waals surface area contributed by atoms with E-state index in [1.807, 2.05) is 0 Å². The van der Waals surface area contributed by atoms with Gasteiger partial charge >= 0.3 is 10.4 Å². The minimum atomic E-state index is -4.67. The Balaban J connectivity index is 0. The lowest BCUT2D eigenvalue weighted by Crippen LogP contribution is -2.14. The summed E-state index contributed by atoms with van der Waals surface area (Å²) in [6.45, 7) is 8.12. The number of aliphatic hydroxyl groups is 1. The van der Waals surface area contributed by atoms with E-state index in [1.165, 1.54) is 25.7 Å². The molecule has 0 amide bonds. The van der Waals surface area contributed by atoms with Gasteiger partial charge in [0.25, 0.3) is 0 Å². The van der Waals surface area contributed by atoms with Crippen LogP contribution in [0.25, 0.3) is 0 Å². The van der Waals surface area contributed by atoms with Crippen LogP contribution in [0.3, 0.4) is 0 Å². The molecule has 0 fully saturated rings. The molecule has 9 heteroatoms. The first-order valence-electron chi connectivity index (χ1n) is 7.89. The van der Waals surface area contributed by atoms with E-state index in [-0.39, 0.29) is 6.61 Å². The van der Waals surface area contributed by atoms with Crippen molar-refractivity contribution < 1.29 is 36.8 Å². The monoisotopic (exact) mass is 360 g/mol. The molecule has 0 bridgehead atoms. The Hall–Kier alpha value is -0.290. The molecule has 142 valence electrons. The fourth-order valence-electron chi connectivity index (χ4n) is 1.65. The quantitative estimate of drug-likeness (QED) is 0.315. The Kier molecular flexibility index (Phi) is 19.6. The molecule has 0 spiro atoms. The summed E-state index contributed by atoms with van der Waals surface area (Å²) in [7, 11) is -4.67. The molecule has 0 aliphatic rings. The summed E-state index contributed by atoms with van der Waals surface area (Å²) in [6, 6.07) is 0. The van der Waals surface area contributed by atoms with E-state index in [1.54, 1.807) is 0 Å². The SMILES string of the molecule is CCCCC(CC)COCCOCCOCCO.O=S(=O)(O)O. The van der Waals surface area contributed by atoms with Crippen molar-refractivity contribution in [3.63, 3.8) is 0 Å². The molecule has 0 radical (unpaired) electrons. The van der Waals surface area contributed by atoms with Gasteiger partial charge in [-0.05, 0) is 12.3 Å². The molecule has 1 atom stereocenters. The molecule has 0 saturated carbocycles. The van der Waals surface area contributed by atoms with Crippen molar-refractivity contribution in [1.29, 1.82) is 0 Å². The Morgan fingerprint density at radius 3 is 1.83 bits per heavy atom. The van der Waals surface area contributed by atoms with Crippen molar-refractivity contribution in [2.75, 3.05) is 46.2 Å². The third-order valence-electron chi connectivity index (χ3n) is 2.88. The zero-order valence-corrected chi connectivity index (χ0v) is 15.0. The van der Waals surface area contributed by atoms with Gasteiger partial charge in [0.15, 0.2) is 0 Å². The fraction of sp³-hybridized carbons (Fsp3) is 1.00. The van der Waals surface area contributed by atoms with Crippen molar-refractivity contribution in [2.24, 2.45) is 5.92 Å². The Morgan fingerprint density at radius 1 is 0.913 bits per heavy atom. The Bertz CT molecular complexity index is 313. The molecule has 0 rings (SSSR count). The van der Waals surface area contributed by atoms with E-state index in [4.69, 9.17) is 36.8 Å². The van der Waals surface area contributed by atoms with E-state index in [0.29, 0.717) is 39.0 Å². The van der Waals surface area contributed by atoms with Crippen LogP contribution in [0.4, 0.5) is 0 Å². The molecule has 0 aromatic heterocycles. The summed E-state index contributed by atoms with van der Waals surface area (Å²) >= 11 is 0. The normalized spacial score (nSPS) is 12.6. The van der Waals surface area contributed by atoms with Crippen molar-refractivity contribution in [3.05, 3.63) is 0 Å². The molecular weight excluding hydrogens is 328 g/mol. The summed E-state index contributed by atoms with van der Waals surface area (Å²) < 4.78 is 47.6. The molecule has 0 aliphatic carbocycles. The van der Waals surface area contributed by atoms with E-state index in [0.717, 1.165) is 6.61 Å². The minimum absolute atomic E-state index is 0.0687. The summed E-state index contributed by atoms with van der Waals surface area (Å²) in [5.74, 6) is 0.692. The number of hydrogen-bond acceptors (Lipinski definition) is 6. The van der Waals surface area contributed by atoms with Crippen LogP contribution in [-0.2, 0) is 24.6 Å². The van der Waals surface area contributed by atoms with E-state index < -0.39 is 10.4 Å². The molecule has 23 heavy (non-hydrogen) atoms. The second-order valence-electron chi connectivity index (χ2n) is 4.89. The maximum Gasteiger partial charge on any atom is 0.394 e. The summed E-state index contributed by atoms with van der Waals surface area (Å²) in [5.41, 5.74) is 0. The van der Waals surface area contributed by atoms with Crippen LogP contribution in [0, 0.1) is 5.92 Å². The van der Waals surface area contributed by atoms with Gasteiger partial charge in [0.2, 0.25) is 0 Å². The fourth-order valence-corrected chi connectivity index (χ4v) is 1.65. The highest BCUT2D eigenvalue weighted by molar-refractivity contribution is 7.79. The van der Waals surface area contributed by atoms with Gasteiger partial charge in [-0.1, -0.05) is 33.1 Å². The van der Waals surface area contributed by atoms with Crippen LogP contribution in [0.5, 0.6) is 0 Å². The Morgan fingerprint density at radius 2 is 1.39 bits per heavy atom. The zero-order valence-electron chi connectivity index (χ0n) is 14.1.